The summed E-state index contributed by atoms with van der Waals surface area (Å²) < 4.78 is 40.2. The number of amides is 4. The van der Waals surface area contributed by atoms with Crippen LogP contribution in [0, 0.1) is 0 Å². The van der Waals surface area contributed by atoms with Crippen molar-refractivity contribution in [3.63, 3.8) is 0 Å². The van der Waals surface area contributed by atoms with Gasteiger partial charge in [0.05, 0.1) is 12.8 Å². The second-order valence-electron chi connectivity index (χ2n) is 5.25. The molecule has 2 fully saturated rings. The largest absolute Gasteiger partial charge is 0.767 e. The van der Waals surface area contributed by atoms with Crippen LogP contribution in [0.15, 0.2) is 0 Å². The number of rotatable bonds is 5. The molecular weight excluding hydrogens is 396 g/mol. The molecule has 15 heteroatoms. The number of carbonyl (C=O) groups is 6. The fourth-order valence-corrected chi connectivity index (χ4v) is 2.19. The summed E-state index contributed by atoms with van der Waals surface area (Å²) in [4.78, 5) is 67.9. The van der Waals surface area contributed by atoms with Gasteiger partial charge < -0.3 is 23.5 Å². The van der Waals surface area contributed by atoms with Crippen molar-refractivity contribution in [3.05, 3.63) is 0 Å². The van der Waals surface area contributed by atoms with Crippen LogP contribution >= 0.6 is 0 Å². The average molecular weight is 407 g/mol. The number of ether oxygens (including phenoxy) is 4. The number of carbonyl (C=O) groups excluding carboxylic acids is 6. The van der Waals surface area contributed by atoms with Gasteiger partial charge in [-0.05, 0) is 0 Å². The SMILES string of the molecule is CC(OC(=O)OC1CC(=O)NC1=O)(OC(=O)OC1CC(=O)NC1=O)S(=O)[O-]. The Balaban J connectivity index is 1.96. The van der Waals surface area contributed by atoms with Crippen molar-refractivity contribution < 1.29 is 56.5 Å². The Morgan fingerprint density at radius 1 is 0.963 bits per heavy atom. The highest BCUT2D eigenvalue weighted by Gasteiger charge is 2.42. The van der Waals surface area contributed by atoms with Gasteiger partial charge in [0.1, 0.15) is 0 Å². The maximum Gasteiger partial charge on any atom is 0.513 e. The van der Waals surface area contributed by atoms with E-state index in [9.17, 15) is 37.5 Å². The van der Waals surface area contributed by atoms with Crippen LogP contribution in [0.4, 0.5) is 9.59 Å². The zero-order valence-corrected chi connectivity index (χ0v) is 14.2. The van der Waals surface area contributed by atoms with Gasteiger partial charge in [-0.2, -0.15) is 0 Å². The van der Waals surface area contributed by atoms with Crippen LogP contribution in [0.1, 0.15) is 19.8 Å². The number of imide groups is 2. The van der Waals surface area contributed by atoms with E-state index in [1.165, 1.54) is 0 Å². The smallest absolute Gasteiger partial charge is 0.513 e. The molecule has 0 bridgehead atoms. The van der Waals surface area contributed by atoms with Gasteiger partial charge in [0.15, 0.2) is 12.2 Å². The van der Waals surface area contributed by atoms with Crippen LogP contribution in [0.5, 0.6) is 0 Å². The summed E-state index contributed by atoms with van der Waals surface area (Å²) in [5.41, 5.74) is 0. The highest BCUT2D eigenvalue weighted by Crippen LogP contribution is 2.21. The third-order valence-electron chi connectivity index (χ3n) is 3.17. The van der Waals surface area contributed by atoms with Gasteiger partial charge >= 0.3 is 17.4 Å². The molecule has 2 heterocycles. The molecule has 14 nitrogen and oxygen atoms in total. The topological polar surface area (TPSA) is 204 Å². The van der Waals surface area contributed by atoms with Gasteiger partial charge in [-0.15, -0.1) is 0 Å². The van der Waals surface area contributed by atoms with Gasteiger partial charge in [-0.1, -0.05) is 0 Å². The van der Waals surface area contributed by atoms with Crippen molar-refractivity contribution in [1.82, 2.24) is 10.6 Å². The lowest BCUT2D eigenvalue weighted by molar-refractivity contribution is -0.146. The van der Waals surface area contributed by atoms with E-state index in [1.807, 2.05) is 10.6 Å². The molecule has 0 spiro atoms. The van der Waals surface area contributed by atoms with E-state index in [0.29, 0.717) is 6.92 Å². The molecule has 2 aliphatic rings. The molecule has 0 aromatic carbocycles. The minimum Gasteiger partial charge on any atom is -0.767 e. The Morgan fingerprint density at radius 2 is 1.33 bits per heavy atom. The van der Waals surface area contributed by atoms with E-state index in [-0.39, 0.29) is 0 Å². The molecule has 0 saturated carbocycles. The lowest BCUT2D eigenvalue weighted by atomic mass is 10.3. The van der Waals surface area contributed by atoms with Crippen LogP contribution in [-0.2, 0) is 49.2 Å². The van der Waals surface area contributed by atoms with Crippen molar-refractivity contribution in [1.29, 1.82) is 0 Å². The molecule has 4 amide bonds. The molecule has 3 unspecified atom stereocenters. The first-order valence-corrected chi connectivity index (χ1v) is 8.13. The minimum atomic E-state index is -3.38. The van der Waals surface area contributed by atoms with Crippen molar-refractivity contribution in [2.45, 2.75) is 37.1 Å². The van der Waals surface area contributed by atoms with Crippen LogP contribution < -0.4 is 10.6 Å². The second kappa shape index (κ2) is 7.67. The summed E-state index contributed by atoms with van der Waals surface area (Å²) in [5.74, 6) is -3.34. The molecule has 2 N–H and O–H groups in total. The molecule has 0 aromatic heterocycles. The Hall–Kier alpha value is -3.07. The maximum atomic E-state index is 11.6. The molecule has 2 aliphatic heterocycles. The van der Waals surface area contributed by atoms with E-state index in [0.717, 1.165) is 0 Å². The van der Waals surface area contributed by atoms with Crippen molar-refractivity contribution in [2.24, 2.45) is 0 Å². The molecule has 0 aromatic rings. The summed E-state index contributed by atoms with van der Waals surface area (Å²) in [7, 11) is 0. The predicted molar refractivity (Wildman–Crippen MR) is 75.6 cm³/mol. The molecule has 0 radical (unpaired) electrons. The lowest BCUT2D eigenvalue weighted by Crippen LogP contribution is -2.43. The fourth-order valence-electron chi connectivity index (χ4n) is 1.92. The predicted octanol–water partition coefficient (Wildman–Crippen LogP) is -2.32. The second-order valence-corrected chi connectivity index (χ2v) is 6.46. The van der Waals surface area contributed by atoms with E-state index < -0.39 is 77.2 Å². The zero-order valence-electron chi connectivity index (χ0n) is 13.4. The van der Waals surface area contributed by atoms with Gasteiger partial charge in [0.25, 0.3) is 11.8 Å². The molecule has 148 valence electrons. The monoisotopic (exact) mass is 407 g/mol. The molecule has 27 heavy (non-hydrogen) atoms. The number of nitrogens with one attached hydrogen (secondary N) is 2. The van der Waals surface area contributed by atoms with Crippen LogP contribution in [0.2, 0.25) is 0 Å². The van der Waals surface area contributed by atoms with Crippen LogP contribution in [0.3, 0.4) is 0 Å². The average Bonchev–Trinajstić information content (AvgIpc) is 2.99. The Morgan fingerprint density at radius 3 is 1.59 bits per heavy atom. The third-order valence-corrected chi connectivity index (χ3v) is 3.94. The first-order valence-electron chi connectivity index (χ1n) is 7.06. The molecule has 0 aliphatic carbocycles. The highest BCUT2D eigenvalue weighted by molar-refractivity contribution is 7.80. The van der Waals surface area contributed by atoms with E-state index in [4.69, 9.17) is 0 Å². The third kappa shape index (κ3) is 4.98. The number of hydrogen-bond acceptors (Lipinski definition) is 12. The summed E-state index contributed by atoms with van der Waals surface area (Å²) >= 11 is -3.38. The first-order chi connectivity index (χ1) is 12.5. The summed E-state index contributed by atoms with van der Waals surface area (Å²) in [5, 5.41) is 0.718. The van der Waals surface area contributed by atoms with E-state index in [2.05, 4.69) is 18.9 Å². The molecule has 2 saturated heterocycles. The normalized spacial score (nSPS) is 25.1. The van der Waals surface area contributed by atoms with Gasteiger partial charge in [0, 0.05) is 18.0 Å². The Bertz CT molecular complexity index is 697. The van der Waals surface area contributed by atoms with E-state index in [1.54, 1.807) is 0 Å². The van der Waals surface area contributed by atoms with Crippen LogP contribution in [-0.4, -0.2) is 62.0 Å². The van der Waals surface area contributed by atoms with Crippen molar-refractivity contribution >= 4 is 47.0 Å². The first kappa shape index (κ1) is 20.2. The Labute approximate surface area is 152 Å². The summed E-state index contributed by atoms with van der Waals surface area (Å²) in [6.45, 7) is 0.623. The lowest BCUT2D eigenvalue weighted by Gasteiger charge is -2.29. The zero-order chi connectivity index (χ0) is 20.4. The minimum absolute atomic E-state index is 0.501. The standard InChI is InChI=1S/C12H12N2O12S/c1-12(27(21)22,25-10(19)23-4-2-6(15)13-8(4)17)26-11(20)24-5-3-7(16)14-9(5)18/h4-5H,2-3H2,1H3,(H,21,22)(H,13,15,17)(H,14,16,18)/p-1. The highest BCUT2D eigenvalue weighted by atomic mass is 32.2. The van der Waals surface area contributed by atoms with E-state index >= 15 is 0 Å². The van der Waals surface area contributed by atoms with Crippen molar-refractivity contribution in [2.75, 3.05) is 0 Å². The van der Waals surface area contributed by atoms with Crippen molar-refractivity contribution in [3.8, 4) is 0 Å². The Kier molecular flexibility index (Phi) is 5.75. The maximum absolute atomic E-state index is 11.6. The fraction of sp³-hybridized carbons (Fsp3) is 0.500. The quantitative estimate of drug-likeness (QED) is 0.213. The summed E-state index contributed by atoms with van der Waals surface area (Å²) in [6, 6.07) is 0. The molecule has 2 rings (SSSR count). The molecular formula is C12H11N2O12S-. The summed E-state index contributed by atoms with van der Waals surface area (Å²) in [6.07, 6.45) is -7.57. The van der Waals surface area contributed by atoms with Gasteiger partial charge in [0.2, 0.25) is 11.8 Å². The van der Waals surface area contributed by atoms with Crippen LogP contribution in [0.25, 0.3) is 0 Å². The van der Waals surface area contributed by atoms with Gasteiger partial charge in [-0.25, -0.2) is 9.59 Å². The number of hydrogen-bond donors (Lipinski definition) is 2. The molecule has 3 atom stereocenters. The van der Waals surface area contributed by atoms with Gasteiger partial charge in [-0.3, -0.25) is 34.0 Å².